The second-order valence-corrected chi connectivity index (χ2v) is 3.61. The van der Waals surface area contributed by atoms with Crippen molar-refractivity contribution >= 4 is 0 Å². The van der Waals surface area contributed by atoms with Gasteiger partial charge in [0.2, 0.25) is 0 Å². The molecule has 0 fully saturated rings. The molecule has 2 unspecified atom stereocenters. The highest BCUT2D eigenvalue weighted by molar-refractivity contribution is 5.05. The predicted octanol–water partition coefficient (Wildman–Crippen LogP) is 0.888. The third-order valence-electron chi connectivity index (χ3n) is 1.99. The first-order valence-electron chi connectivity index (χ1n) is 4.36. The second-order valence-electron chi connectivity index (χ2n) is 3.61. The van der Waals surface area contributed by atoms with Crippen LogP contribution in [0.3, 0.4) is 0 Å². The molecule has 0 saturated carbocycles. The lowest BCUT2D eigenvalue weighted by Crippen LogP contribution is -2.29. The maximum atomic E-state index is 5.72. The summed E-state index contributed by atoms with van der Waals surface area (Å²) in [7, 11) is 0. The van der Waals surface area contributed by atoms with E-state index in [1.54, 1.807) is 0 Å². The summed E-state index contributed by atoms with van der Waals surface area (Å²) in [5.41, 5.74) is 5.72. The molecule has 1 aliphatic rings. The van der Waals surface area contributed by atoms with Crippen molar-refractivity contribution in [2.75, 3.05) is 6.54 Å². The Bertz CT molecular complexity index is 140. The van der Waals surface area contributed by atoms with E-state index in [0.717, 1.165) is 13.0 Å². The highest BCUT2D eigenvalue weighted by atomic mass is 14.9. The zero-order chi connectivity index (χ0) is 8.27. The largest absolute Gasteiger partial charge is 0.324 e. The molecule has 11 heavy (non-hydrogen) atoms. The molecule has 0 aromatic heterocycles. The highest BCUT2D eigenvalue weighted by Gasteiger charge is 2.14. The monoisotopic (exact) mass is 154 g/mol. The molecule has 2 heteroatoms. The van der Waals surface area contributed by atoms with Gasteiger partial charge in [-0.25, -0.2) is 0 Å². The van der Waals surface area contributed by atoms with Crippen molar-refractivity contribution in [3.8, 4) is 0 Å². The molecule has 1 aliphatic carbocycles. The standard InChI is InChI=1S/C9H18N2/c1-7(2)11-6-8-3-4-9(10)5-8/h3-4,7-9,11H,5-6,10H2,1-2H3. The fraction of sp³-hybridized carbons (Fsp3) is 0.778. The van der Waals surface area contributed by atoms with Gasteiger partial charge in [-0.05, 0) is 12.3 Å². The third kappa shape index (κ3) is 3.04. The van der Waals surface area contributed by atoms with Crippen molar-refractivity contribution in [3.63, 3.8) is 0 Å². The minimum absolute atomic E-state index is 0.300. The van der Waals surface area contributed by atoms with Crippen LogP contribution >= 0.6 is 0 Å². The van der Waals surface area contributed by atoms with Gasteiger partial charge in [0.25, 0.3) is 0 Å². The maximum absolute atomic E-state index is 5.72. The van der Waals surface area contributed by atoms with Gasteiger partial charge in [0.05, 0.1) is 0 Å². The number of rotatable bonds is 3. The SMILES string of the molecule is CC(C)NCC1C=CC(N)C1. The van der Waals surface area contributed by atoms with Crippen LogP contribution in [-0.2, 0) is 0 Å². The topological polar surface area (TPSA) is 38.0 Å². The average molecular weight is 154 g/mol. The van der Waals surface area contributed by atoms with Gasteiger partial charge in [-0.3, -0.25) is 0 Å². The van der Waals surface area contributed by atoms with E-state index >= 15 is 0 Å². The molecule has 0 radical (unpaired) electrons. The van der Waals surface area contributed by atoms with Crippen LogP contribution in [0.4, 0.5) is 0 Å². The lowest BCUT2D eigenvalue weighted by atomic mass is 10.1. The van der Waals surface area contributed by atoms with Crippen LogP contribution < -0.4 is 11.1 Å². The van der Waals surface area contributed by atoms with E-state index in [2.05, 4.69) is 31.3 Å². The number of nitrogens with two attached hydrogens (primary N) is 1. The Morgan fingerprint density at radius 2 is 2.27 bits per heavy atom. The van der Waals surface area contributed by atoms with Crippen LogP contribution in [-0.4, -0.2) is 18.6 Å². The molecule has 2 atom stereocenters. The summed E-state index contributed by atoms with van der Waals surface area (Å²) >= 11 is 0. The summed E-state index contributed by atoms with van der Waals surface area (Å²) in [5, 5.41) is 3.40. The van der Waals surface area contributed by atoms with E-state index in [0.29, 0.717) is 18.0 Å². The van der Waals surface area contributed by atoms with E-state index in [1.165, 1.54) is 0 Å². The van der Waals surface area contributed by atoms with Crippen LogP contribution in [0.1, 0.15) is 20.3 Å². The van der Waals surface area contributed by atoms with Crippen LogP contribution in [0.5, 0.6) is 0 Å². The van der Waals surface area contributed by atoms with Crippen LogP contribution in [0.25, 0.3) is 0 Å². The van der Waals surface area contributed by atoms with Gasteiger partial charge in [-0.2, -0.15) is 0 Å². The zero-order valence-corrected chi connectivity index (χ0v) is 7.38. The quantitative estimate of drug-likeness (QED) is 0.592. The summed E-state index contributed by atoms with van der Waals surface area (Å²) in [6.07, 6.45) is 5.44. The van der Waals surface area contributed by atoms with Crippen molar-refractivity contribution in [1.82, 2.24) is 5.32 Å². The molecule has 1 rings (SSSR count). The summed E-state index contributed by atoms with van der Waals surface area (Å²) in [6, 6.07) is 0.884. The second kappa shape index (κ2) is 3.88. The Hall–Kier alpha value is -0.340. The first-order chi connectivity index (χ1) is 5.18. The summed E-state index contributed by atoms with van der Waals surface area (Å²) in [6.45, 7) is 5.40. The molecule has 0 saturated heterocycles. The van der Waals surface area contributed by atoms with Gasteiger partial charge in [-0.15, -0.1) is 0 Å². The van der Waals surface area contributed by atoms with E-state index < -0.39 is 0 Å². The molecule has 0 amide bonds. The molecular formula is C9H18N2. The Balaban J connectivity index is 2.14. The lowest BCUT2D eigenvalue weighted by molar-refractivity contribution is 0.492. The molecular weight excluding hydrogens is 136 g/mol. The molecule has 0 aromatic carbocycles. The van der Waals surface area contributed by atoms with Gasteiger partial charge < -0.3 is 11.1 Å². The highest BCUT2D eigenvalue weighted by Crippen LogP contribution is 2.14. The Kier molecular flexibility index (Phi) is 3.09. The Morgan fingerprint density at radius 3 is 2.73 bits per heavy atom. The normalized spacial score (nSPS) is 30.2. The van der Waals surface area contributed by atoms with Crippen molar-refractivity contribution < 1.29 is 0 Å². The van der Waals surface area contributed by atoms with Crippen LogP contribution in [0.2, 0.25) is 0 Å². The molecule has 3 N–H and O–H groups in total. The van der Waals surface area contributed by atoms with Gasteiger partial charge >= 0.3 is 0 Å². The molecule has 0 bridgehead atoms. The minimum Gasteiger partial charge on any atom is -0.324 e. The van der Waals surface area contributed by atoms with E-state index in [1.807, 2.05) is 0 Å². The predicted molar refractivity (Wildman–Crippen MR) is 48.4 cm³/mol. The van der Waals surface area contributed by atoms with Gasteiger partial charge in [0, 0.05) is 18.6 Å². The summed E-state index contributed by atoms with van der Waals surface area (Å²) < 4.78 is 0. The van der Waals surface area contributed by atoms with E-state index in [-0.39, 0.29) is 0 Å². The first kappa shape index (κ1) is 8.75. The maximum Gasteiger partial charge on any atom is 0.0229 e. The molecule has 0 aliphatic heterocycles. The zero-order valence-electron chi connectivity index (χ0n) is 7.38. The number of nitrogens with one attached hydrogen (secondary N) is 1. The molecule has 0 spiro atoms. The van der Waals surface area contributed by atoms with Gasteiger partial charge in [-0.1, -0.05) is 26.0 Å². The van der Waals surface area contributed by atoms with E-state index in [4.69, 9.17) is 5.73 Å². The van der Waals surface area contributed by atoms with Crippen molar-refractivity contribution in [1.29, 1.82) is 0 Å². The number of hydrogen-bond acceptors (Lipinski definition) is 2. The van der Waals surface area contributed by atoms with Crippen LogP contribution in [0, 0.1) is 5.92 Å². The fourth-order valence-corrected chi connectivity index (χ4v) is 1.35. The molecule has 0 heterocycles. The third-order valence-corrected chi connectivity index (χ3v) is 1.99. The van der Waals surface area contributed by atoms with Gasteiger partial charge in [0.1, 0.15) is 0 Å². The Morgan fingerprint density at radius 1 is 1.55 bits per heavy atom. The Labute approximate surface area is 68.9 Å². The fourth-order valence-electron chi connectivity index (χ4n) is 1.35. The van der Waals surface area contributed by atoms with E-state index in [9.17, 15) is 0 Å². The van der Waals surface area contributed by atoms with Crippen molar-refractivity contribution in [3.05, 3.63) is 12.2 Å². The lowest BCUT2D eigenvalue weighted by Gasteiger charge is -2.12. The molecule has 64 valence electrons. The summed E-state index contributed by atoms with van der Waals surface area (Å²) in [4.78, 5) is 0. The minimum atomic E-state index is 0.300. The average Bonchev–Trinajstić information content (AvgIpc) is 2.31. The van der Waals surface area contributed by atoms with Crippen molar-refractivity contribution in [2.24, 2.45) is 11.7 Å². The number of hydrogen-bond donors (Lipinski definition) is 2. The van der Waals surface area contributed by atoms with Gasteiger partial charge in [0.15, 0.2) is 0 Å². The molecule has 2 nitrogen and oxygen atoms in total. The smallest absolute Gasteiger partial charge is 0.0229 e. The van der Waals surface area contributed by atoms with Crippen LogP contribution in [0.15, 0.2) is 12.2 Å². The first-order valence-corrected chi connectivity index (χ1v) is 4.36. The summed E-state index contributed by atoms with van der Waals surface area (Å²) in [5.74, 6) is 0.660. The van der Waals surface area contributed by atoms with Crippen molar-refractivity contribution in [2.45, 2.75) is 32.4 Å². The molecule has 0 aromatic rings.